The quantitative estimate of drug-likeness (QED) is 0.711. The summed E-state index contributed by atoms with van der Waals surface area (Å²) in [6.45, 7) is 0.162. The molecule has 1 heterocycles. The molecule has 0 radical (unpaired) electrons. The van der Waals surface area contributed by atoms with E-state index < -0.39 is 29.0 Å². The average Bonchev–Trinajstić information content (AvgIpc) is 2.55. The number of carbonyl (C=O) groups is 1. The van der Waals surface area contributed by atoms with Gasteiger partial charge in [-0.25, -0.2) is 13.6 Å². The van der Waals surface area contributed by atoms with E-state index in [1.807, 2.05) is 0 Å². The minimum Gasteiger partial charge on any atom is -0.449 e. The predicted molar refractivity (Wildman–Crippen MR) is 87.3 cm³/mol. The number of rotatable bonds is 3. The minimum absolute atomic E-state index is 0.0808. The summed E-state index contributed by atoms with van der Waals surface area (Å²) in [6, 6.07) is 7.78. The molecular formula is C17H10ClF2NO4. The smallest absolute Gasteiger partial charge is 0.449 e. The molecule has 0 amide bonds. The summed E-state index contributed by atoms with van der Waals surface area (Å²) < 4.78 is 32.8. The highest BCUT2D eigenvalue weighted by Gasteiger charge is 2.15. The van der Waals surface area contributed by atoms with E-state index in [0.717, 1.165) is 6.07 Å². The molecule has 8 heteroatoms. The zero-order valence-corrected chi connectivity index (χ0v) is 13.3. The molecule has 0 spiro atoms. The van der Waals surface area contributed by atoms with Crippen molar-refractivity contribution >= 4 is 28.7 Å². The largest absolute Gasteiger partial charge is 0.511 e. The van der Waals surface area contributed by atoms with Crippen molar-refractivity contribution in [2.75, 3.05) is 0 Å². The van der Waals surface area contributed by atoms with E-state index >= 15 is 0 Å². The molecule has 0 aliphatic rings. The number of nitrogens with zero attached hydrogens (tertiary/aromatic N) is 1. The van der Waals surface area contributed by atoms with Crippen LogP contribution in [0.25, 0.3) is 10.9 Å². The Morgan fingerprint density at radius 1 is 1.20 bits per heavy atom. The molecular weight excluding hydrogens is 356 g/mol. The van der Waals surface area contributed by atoms with Gasteiger partial charge in [0.15, 0.2) is 5.75 Å². The topological polar surface area (TPSA) is 68.5 Å². The SMILES string of the molecule is O=C(O)Oc1cn(Cc2ccc(F)cc2)c2cc(Cl)c(F)cc2c1=O. The molecule has 0 aliphatic heterocycles. The summed E-state index contributed by atoms with van der Waals surface area (Å²) in [6.07, 6.45) is -0.477. The zero-order chi connectivity index (χ0) is 18.1. The first-order valence-corrected chi connectivity index (χ1v) is 7.40. The van der Waals surface area contributed by atoms with Crippen LogP contribution in [0.2, 0.25) is 5.02 Å². The highest BCUT2D eigenvalue weighted by atomic mass is 35.5. The monoisotopic (exact) mass is 365 g/mol. The third-order valence-corrected chi connectivity index (χ3v) is 3.84. The van der Waals surface area contributed by atoms with Crippen molar-refractivity contribution in [2.24, 2.45) is 0 Å². The van der Waals surface area contributed by atoms with E-state index in [1.165, 1.54) is 41.1 Å². The van der Waals surface area contributed by atoms with Gasteiger partial charge in [-0.3, -0.25) is 4.79 Å². The summed E-state index contributed by atoms with van der Waals surface area (Å²) in [5.41, 5.74) is 0.190. The lowest BCUT2D eigenvalue weighted by Crippen LogP contribution is -2.17. The van der Waals surface area contributed by atoms with Crippen LogP contribution in [0.1, 0.15) is 5.56 Å². The van der Waals surface area contributed by atoms with Crippen molar-refractivity contribution in [2.45, 2.75) is 6.54 Å². The van der Waals surface area contributed by atoms with Crippen molar-refractivity contribution in [1.82, 2.24) is 4.57 Å². The first-order chi connectivity index (χ1) is 11.8. The molecule has 3 rings (SSSR count). The van der Waals surface area contributed by atoms with Gasteiger partial charge >= 0.3 is 6.16 Å². The molecule has 0 unspecified atom stereocenters. The minimum atomic E-state index is -1.67. The van der Waals surface area contributed by atoms with Crippen LogP contribution in [-0.2, 0) is 6.54 Å². The van der Waals surface area contributed by atoms with Crippen LogP contribution >= 0.6 is 11.6 Å². The molecule has 0 bridgehead atoms. The van der Waals surface area contributed by atoms with Crippen LogP contribution in [0.15, 0.2) is 47.4 Å². The number of benzene rings is 2. The maximum absolute atomic E-state index is 13.7. The highest BCUT2D eigenvalue weighted by molar-refractivity contribution is 6.31. The molecule has 1 aromatic heterocycles. The lowest BCUT2D eigenvalue weighted by Gasteiger charge is -2.13. The number of hydrogen-bond acceptors (Lipinski definition) is 3. The second-order valence-corrected chi connectivity index (χ2v) is 5.64. The first-order valence-electron chi connectivity index (χ1n) is 7.02. The van der Waals surface area contributed by atoms with Gasteiger partial charge in [0.05, 0.1) is 22.1 Å². The van der Waals surface area contributed by atoms with Crippen LogP contribution < -0.4 is 10.2 Å². The van der Waals surface area contributed by atoms with Gasteiger partial charge in [0, 0.05) is 6.54 Å². The van der Waals surface area contributed by atoms with Crippen molar-refractivity contribution in [3.63, 3.8) is 0 Å². The number of pyridine rings is 1. The molecule has 0 fully saturated rings. The third-order valence-electron chi connectivity index (χ3n) is 3.55. The van der Waals surface area contributed by atoms with Crippen LogP contribution in [-0.4, -0.2) is 15.8 Å². The Morgan fingerprint density at radius 3 is 2.52 bits per heavy atom. The summed E-state index contributed by atoms with van der Waals surface area (Å²) in [4.78, 5) is 23.1. The van der Waals surface area contributed by atoms with Crippen molar-refractivity contribution in [3.8, 4) is 5.75 Å². The number of hydrogen-bond donors (Lipinski definition) is 1. The van der Waals surface area contributed by atoms with E-state index in [4.69, 9.17) is 16.7 Å². The Bertz CT molecular complexity index is 1030. The molecule has 128 valence electrons. The maximum Gasteiger partial charge on any atom is 0.511 e. The second-order valence-electron chi connectivity index (χ2n) is 5.23. The van der Waals surface area contributed by atoms with Crippen LogP contribution in [0.3, 0.4) is 0 Å². The number of halogens is 3. The fourth-order valence-corrected chi connectivity index (χ4v) is 2.60. The Hall–Kier alpha value is -2.93. The first kappa shape index (κ1) is 16.9. The van der Waals surface area contributed by atoms with Crippen molar-refractivity contribution in [1.29, 1.82) is 0 Å². The summed E-state index contributed by atoms with van der Waals surface area (Å²) in [7, 11) is 0. The van der Waals surface area contributed by atoms with Gasteiger partial charge in [-0.2, -0.15) is 0 Å². The zero-order valence-electron chi connectivity index (χ0n) is 12.5. The number of carboxylic acid groups (broad SMARTS) is 1. The summed E-state index contributed by atoms with van der Waals surface area (Å²) >= 11 is 5.79. The molecule has 2 aromatic carbocycles. The standard InChI is InChI=1S/C17H10ClF2NO4/c18-12-6-14-11(5-13(12)20)16(22)15(25-17(23)24)8-21(14)7-9-1-3-10(19)4-2-9/h1-6,8H,7H2,(H,23,24). The van der Waals surface area contributed by atoms with Crippen LogP contribution in [0.4, 0.5) is 13.6 Å². The van der Waals surface area contributed by atoms with Gasteiger partial charge in [-0.1, -0.05) is 23.7 Å². The average molecular weight is 366 g/mol. The summed E-state index contributed by atoms with van der Waals surface area (Å²) in [5, 5.41) is 8.50. The number of aromatic nitrogens is 1. The predicted octanol–water partition coefficient (Wildman–Crippen LogP) is 4.04. The molecule has 3 aromatic rings. The van der Waals surface area contributed by atoms with Crippen molar-refractivity contribution in [3.05, 3.63) is 75.0 Å². The molecule has 0 atom stereocenters. The van der Waals surface area contributed by atoms with Crippen LogP contribution in [0.5, 0.6) is 5.75 Å². The molecule has 25 heavy (non-hydrogen) atoms. The highest BCUT2D eigenvalue weighted by Crippen LogP contribution is 2.24. The van der Waals surface area contributed by atoms with E-state index in [1.54, 1.807) is 0 Å². The summed E-state index contributed by atoms with van der Waals surface area (Å²) in [5.74, 6) is -1.69. The maximum atomic E-state index is 13.7. The lowest BCUT2D eigenvalue weighted by molar-refractivity contribution is 0.144. The fourth-order valence-electron chi connectivity index (χ4n) is 2.44. The van der Waals surface area contributed by atoms with Crippen molar-refractivity contribution < 1.29 is 23.4 Å². The fraction of sp³-hybridized carbons (Fsp3) is 0.0588. The van der Waals surface area contributed by atoms with E-state index in [-0.39, 0.29) is 17.0 Å². The molecule has 1 N–H and O–H groups in total. The van der Waals surface area contributed by atoms with Gasteiger partial charge < -0.3 is 14.4 Å². The lowest BCUT2D eigenvalue weighted by atomic mass is 10.1. The van der Waals surface area contributed by atoms with E-state index in [2.05, 4.69) is 4.74 Å². The Morgan fingerprint density at radius 2 is 1.88 bits per heavy atom. The molecule has 0 saturated heterocycles. The number of ether oxygens (including phenoxy) is 1. The Balaban J connectivity index is 2.22. The molecule has 0 aliphatic carbocycles. The van der Waals surface area contributed by atoms with Crippen LogP contribution in [0, 0.1) is 11.6 Å². The molecule has 0 saturated carbocycles. The number of fused-ring (bicyclic) bond motifs is 1. The second kappa shape index (κ2) is 6.52. The van der Waals surface area contributed by atoms with Gasteiger partial charge in [0.25, 0.3) is 0 Å². The normalized spacial score (nSPS) is 10.8. The molecule has 5 nitrogen and oxygen atoms in total. The Kier molecular flexibility index (Phi) is 4.41. The van der Waals surface area contributed by atoms with Gasteiger partial charge in [-0.05, 0) is 29.8 Å². The van der Waals surface area contributed by atoms with E-state index in [0.29, 0.717) is 11.1 Å². The Labute approximate surface area is 144 Å². The van der Waals surface area contributed by atoms with E-state index in [9.17, 15) is 18.4 Å². The van der Waals surface area contributed by atoms with Gasteiger partial charge in [-0.15, -0.1) is 0 Å². The van der Waals surface area contributed by atoms with Gasteiger partial charge in [0.1, 0.15) is 11.6 Å². The third kappa shape index (κ3) is 3.46. The van der Waals surface area contributed by atoms with Gasteiger partial charge in [0.2, 0.25) is 5.43 Å².